The predicted octanol–water partition coefficient (Wildman–Crippen LogP) is 5.49. The summed E-state index contributed by atoms with van der Waals surface area (Å²) in [6.45, 7) is 4.08. The van der Waals surface area contributed by atoms with Gasteiger partial charge in [0.25, 0.3) is 0 Å². The number of benzene rings is 2. The maximum Gasteiger partial charge on any atom is 0.130 e. The molecule has 0 atom stereocenters. The van der Waals surface area contributed by atoms with Gasteiger partial charge in [0.1, 0.15) is 11.5 Å². The lowest BCUT2D eigenvalue weighted by atomic mass is 10.1. The van der Waals surface area contributed by atoms with Gasteiger partial charge in [0.2, 0.25) is 0 Å². The lowest BCUT2D eigenvalue weighted by molar-refractivity contribution is 0.478. The Bertz CT molecular complexity index is 564. The van der Waals surface area contributed by atoms with Crippen LogP contribution in [-0.4, -0.2) is 0 Å². The molecule has 0 aliphatic heterocycles. The maximum atomic E-state index is 6.10. The van der Waals surface area contributed by atoms with Crippen molar-refractivity contribution in [1.29, 1.82) is 0 Å². The van der Waals surface area contributed by atoms with Crippen molar-refractivity contribution in [3.05, 3.63) is 58.1 Å². The monoisotopic (exact) mass is 280 g/mol. The second-order valence-corrected chi connectivity index (χ2v) is 4.93. The summed E-state index contributed by atoms with van der Waals surface area (Å²) < 4.78 is 5.82. The summed E-state index contributed by atoms with van der Waals surface area (Å²) >= 11 is 11.9. The Morgan fingerprint density at radius 3 is 2.44 bits per heavy atom. The quantitative estimate of drug-likeness (QED) is 0.676. The van der Waals surface area contributed by atoms with E-state index < -0.39 is 0 Å². The highest BCUT2D eigenvalue weighted by atomic mass is 35.5. The Labute approximate surface area is 117 Å². The molecule has 0 fully saturated rings. The second-order valence-electron chi connectivity index (χ2n) is 4.26. The molecule has 0 aliphatic carbocycles. The average molecular weight is 281 g/mol. The predicted molar refractivity (Wildman–Crippen MR) is 77.0 cm³/mol. The fourth-order valence-electron chi connectivity index (χ4n) is 1.74. The molecule has 0 radical (unpaired) electrons. The Kier molecular flexibility index (Phi) is 4.15. The van der Waals surface area contributed by atoms with Gasteiger partial charge in [-0.2, -0.15) is 0 Å². The molecule has 0 aliphatic rings. The first kappa shape index (κ1) is 13.3. The van der Waals surface area contributed by atoms with Gasteiger partial charge < -0.3 is 4.74 Å². The van der Waals surface area contributed by atoms with Gasteiger partial charge in [-0.15, -0.1) is 11.6 Å². The molecule has 0 spiro atoms. The van der Waals surface area contributed by atoms with E-state index >= 15 is 0 Å². The molecule has 0 amide bonds. The van der Waals surface area contributed by atoms with Crippen LogP contribution in [0.15, 0.2) is 36.4 Å². The summed E-state index contributed by atoms with van der Waals surface area (Å²) in [7, 11) is 0. The topological polar surface area (TPSA) is 9.23 Å². The fraction of sp³-hybridized carbons (Fsp3) is 0.200. The molecule has 1 nitrogen and oxygen atoms in total. The zero-order valence-electron chi connectivity index (χ0n) is 10.3. The smallest absolute Gasteiger partial charge is 0.130 e. The van der Waals surface area contributed by atoms with Crippen molar-refractivity contribution in [2.24, 2.45) is 0 Å². The third-order valence-electron chi connectivity index (χ3n) is 2.73. The highest BCUT2D eigenvalue weighted by molar-refractivity contribution is 6.32. The van der Waals surface area contributed by atoms with E-state index in [0.29, 0.717) is 10.9 Å². The maximum absolute atomic E-state index is 6.10. The van der Waals surface area contributed by atoms with Crippen LogP contribution in [0.25, 0.3) is 0 Å². The summed E-state index contributed by atoms with van der Waals surface area (Å²) in [5.74, 6) is 1.97. The standard InChI is InChI=1S/C15H14Cl2O/c1-10-3-6-15(11(2)7-10)18-13-5-4-12(9-16)14(17)8-13/h3-8H,9H2,1-2H3. The van der Waals surface area contributed by atoms with Gasteiger partial charge in [-0.1, -0.05) is 35.4 Å². The van der Waals surface area contributed by atoms with Gasteiger partial charge >= 0.3 is 0 Å². The molecule has 2 aromatic carbocycles. The fourth-order valence-corrected chi connectivity index (χ4v) is 2.28. The van der Waals surface area contributed by atoms with Gasteiger partial charge in [0.15, 0.2) is 0 Å². The van der Waals surface area contributed by atoms with E-state index in [1.165, 1.54) is 5.56 Å². The van der Waals surface area contributed by atoms with Crippen LogP contribution < -0.4 is 4.74 Å². The zero-order chi connectivity index (χ0) is 13.1. The first-order valence-corrected chi connectivity index (χ1v) is 6.61. The molecule has 2 rings (SSSR count). The highest BCUT2D eigenvalue weighted by Gasteiger charge is 2.05. The van der Waals surface area contributed by atoms with Crippen LogP contribution in [-0.2, 0) is 5.88 Å². The van der Waals surface area contributed by atoms with Crippen LogP contribution in [0.1, 0.15) is 16.7 Å². The van der Waals surface area contributed by atoms with E-state index in [9.17, 15) is 0 Å². The normalized spacial score (nSPS) is 10.4. The number of aryl methyl sites for hydroxylation is 2. The van der Waals surface area contributed by atoms with Crippen molar-refractivity contribution in [3.63, 3.8) is 0 Å². The number of rotatable bonds is 3. The lowest BCUT2D eigenvalue weighted by Gasteiger charge is -2.10. The molecule has 94 valence electrons. The van der Waals surface area contributed by atoms with Crippen LogP contribution >= 0.6 is 23.2 Å². The molecule has 0 saturated carbocycles. The molecule has 0 saturated heterocycles. The summed E-state index contributed by atoms with van der Waals surface area (Å²) in [5, 5.41) is 0.632. The van der Waals surface area contributed by atoms with E-state index in [2.05, 4.69) is 13.0 Å². The van der Waals surface area contributed by atoms with Crippen molar-refractivity contribution < 1.29 is 4.74 Å². The first-order valence-electron chi connectivity index (χ1n) is 5.69. The van der Waals surface area contributed by atoms with Crippen LogP contribution in [0, 0.1) is 13.8 Å². The molecule has 0 N–H and O–H groups in total. The first-order chi connectivity index (χ1) is 8.60. The number of hydrogen-bond acceptors (Lipinski definition) is 1. The summed E-state index contributed by atoms with van der Waals surface area (Å²) in [4.78, 5) is 0. The van der Waals surface area contributed by atoms with Crippen LogP contribution in [0.5, 0.6) is 11.5 Å². The largest absolute Gasteiger partial charge is 0.457 e. The van der Waals surface area contributed by atoms with E-state index in [0.717, 1.165) is 22.6 Å². The van der Waals surface area contributed by atoms with E-state index in [4.69, 9.17) is 27.9 Å². The van der Waals surface area contributed by atoms with Crippen molar-refractivity contribution in [2.75, 3.05) is 0 Å². The van der Waals surface area contributed by atoms with Gasteiger partial charge in [-0.3, -0.25) is 0 Å². The van der Waals surface area contributed by atoms with Crippen molar-refractivity contribution in [3.8, 4) is 11.5 Å². The average Bonchev–Trinajstić information content (AvgIpc) is 2.33. The third kappa shape index (κ3) is 2.98. The van der Waals surface area contributed by atoms with Crippen LogP contribution in [0.4, 0.5) is 0 Å². The van der Waals surface area contributed by atoms with Crippen molar-refractivity contribution in [1.82, 2.24) is 0 Å². The molecular formula is C15H14Cl2O. The van der Waals surface area contributed by atoms with Gasteiger partial charge in [0, 0.05) is 10.9 Å². The molecule has 0 aromatic heterocycles. The molecule has 2 aromatic rings. The Morgan fingerprint density at radius 1 is 1.06 bits per heavy atom. The van der Waals surface area contributed by atoms with E-state index in [-0.39, 0.29) is 0 Å². The van der Waals surface area contributed by atoms with Gasteiger partial charge in [0.05, 0.1) is 0 Å². The summed E-state index contributed by atoms with van der Waals surface area (Å²) in [6.07, 6.45) is 0. The molecular weight excluding hydrogens is 267 g/mol. The Morgan fingerprint density at radius 2 is 1.83 bits per heavy atom. The number of alkyl halides is 1. The molecule has 0 heterocycles. The minimum absolute atomic E-state index is 0.405. The Hall–Kier alpha value is -1.18. The Balaban J connectivity index is 2.26. The van der Waals surface area contributed by atoms with Crippen LogP contribution in [0.3, 0.4) is 0 Å². The lowest BCUT2D eigenvalue weighted by Crippen LogP contribution is -1.89. The molecule has 3 heteroatoms. The summed E-state index contributed by atoms with van der Waals surface area (Å²) in [5.41, 5.74) is 3.23. The summed E-state index contributed by atoms with van der Waals surface area (Å²) in [6, 6.07) is 11.6. The van der Waals surface area contributed by atoms with E-state index in [1.54, 1.807) is 6.07 Å². The number of hydrogen-bond donors (Lipinski definition) is 0. The number of ether oxygens (including phenoxy) is 1. The zero-order valence-corrected chi connectivity index (χ0v) is 11.8. The second kappa shape index (κ2) is 5.64. The minimum atomic E-state index is 0.405. The van der Waals surface area contributed by atoms with Crippen LogP contribution in [0.2, 0.25) is 5.02 Å². The van der Waals surface area contributed by atoms with Crippen molar-refractivity contribution >= 4 is 23.2 Å². The SMILES string of the molecule is Cc1ccc(Oc2ccc(CCl)c(Cl)c2)c(C)c1. The van der Waals surface area contributed by atoms with Gasteiger partial charge in [-0.05, 0) is 43.2 Å². The minimum Gasteiger partial charge on any atom is -0.457 e. The van der Waals surface area contributed by atoms with Crippen molar-refractivity contribution in [2.45, 2.75) is 19.7 Å². The van der Waals surface area contributed by atoms with E-state index in [1.807, 2.05) is 31.2 Å². The molecule has 0 bridgehead atoms. The molecule has 18 heavy (non-hydrogen) atoms. The highest BCUT2D eigenvalue weighted by Crippen LogP contribution is 2.29. The number of halogens is 2. The van der Waals surface area contributed by atoms with Gasteiger partial charge in [-0.25, -0.2) is 0 Å². The third-order valence-corrected chi connectivity index (χ3v) is 3.37. The molecule has 0 unspecified atom stereocenters.